The zero-order chi connectivity index (χ0) is 22.3. The number of rotatable bonds is 4. The Labute approximate surface area is 185 Å². The van der Waals surface area contributed by atoms with Crippen LogP contribution in [0.5, 0.6) is 5.75 Å². The molecule has 0 bridgehead atoms. The van der Waals surface area contributed by atoms with E-state index >= 15 is 0 Å². The molecule has 0 radical (unpaired) electrons. The molecule has 1 saturated carbocycles. The Balaban J connectivity index is 1.67. The highest BCUT2D eigenvalue weighted by Gasteiger charge is 2.35. The Morgan fingerprint density at radius 1 is 1.28 bits per heavy atom. The van der Waals surface area contributed by atoms with Gasteiger partial charge in [-0.05, 0) is 38.0 Å². The molecule has 162 valence electrons. The van der Waals surface area contributed by atoms with Crippen LogP contribution in [0.25, 0.3) is 11.3 Å². The molecule has 2 aromatic heterocycles. The molecule has 1 amide bonds. The molecular weight excluding hydrogens is 407 g/mol. The lowest BCUT2D eigenvalue weighted by Crippen LogP contribution is -2.31. The van der Waals surface area contributed by atoms with Crippen molar-refractivity contribution in [2.24, 2.45) is 5.41 Å². The number of para-hydroxylation sites is 1. The van der Waals surface area contributed by atoms with Gasteiger partial charge in [0.1, 0.15) is 0 Å². The minimum atomic E-state index is -0.485. The fourth-order valence-corrected chi connectivity index (χ4v) is 3.90. The van der Waals surface area contributed by atoms with Gasteiger partial charge >= 0.3 is 0 Å². The molecule has 1 fully saturated rings. The van der Waals surface area contributed by atoms with Gasteiger partial charge in [-0.25, -0.2) is 4.39 Å². The number of ether oxygens (including phenoxy) is 1. The maximum atomic E-state index is 14.3. The largest absolute Gasteiger partial charge is 0.492 e. The number of fused-ring (bicyclic) bond motifs is 1. The summed E-state index contributed by atoms with van der Waals surface area (Å²) < 4.78 is 19.6. The summed E-state index contributed by atoms with van der Waals surface area (Å²) in [6.45, 7) is 2.70. The Hall–Kier alpha value is -3.79. The third-order valence-corrected chi connectivity index (χ3v) is 5.99. The molecular formula is C25H23FN4O2. The molecule has 1 aliphatic carbocycles. The van der Waals surface area contributed by atoms with E-state index < -0.39 is 5.82 Å². The van der Waals surface area contributed by atoms with Crippen LogP contribution in [0.1, 0.15) is 41.4 Å². The molecule has 0 unspecified atom stereocenters. The number of amides is 1. The summed E-state index contributed by atoms with van der Waals surface area (Å²) in [5.41, 5.74) is 4.72. The quantitative estimate of drug-likeness (QED) is 0.536. The predicted octanol–water partition coefficient (Wildman–Crippen LogP) is 4.41. The Kier molecular flexibility index (Phi) is 4.86. The predicted molar refractivity (Wildman–Crippen MR) is 121 cm³/mol. The molecule has 7 heteroatoms. The Morgan fingerprint density at radius 2 is 2.12 bits per heavy atom. The van der Waals surface area contributed by atoms with Crippen LogP contribution in [-0.2, 0) is 6.42 Å². The van der Waals surface area contributed by atoms with E-state index in [-0.39, 0.29) is 17.1 Å². The maximum Gasteiger partial charge on any atom is 0.255 e. The van der Waals surface area contributed by atoms with Crippen LogP contribution in [0.15, 0.2) is 36.7 Å². The van der Waals surface area contributed by atoms with Crippen molar-refractivity contribution in [2.45, 2.75) is 26.2 Å². The number of anilines is 2. The van der Waals surface area contributed by atoms with E-state index in [2.05, 4.69) is 39.4 Å². The third-order valence-electron chi connectivity index (χ3n) is 5.99. The zero-order valence-electron chi connectivity index (χ0n) is 17.9. The van der Waals surface area contributed by atoms with Crippen LogP contribution in [0, 0.1) is 23.1 Å². The van der Waals surface area contributed by atoms with Crippen LogP contribution in [-0.4, -0.2) is 29.5 Å². The van der Waals surface area contributed by atoms with Gasteiger partial charge in [-0.3, -0.25) is 9.78 Å². The van der Waals surface area contributed by atoms with Gasteiger partial charge in [-0.1, -0.05) is 17.9 Å². The average Bonchev–Trinajstić information content (AvgIpc) is 3.41. The van der Waals surface area contributed by atoms with E-state index in [9.17, 15) is 9.18 Å². The Morgan fingerprint density at radius 3 is 2.91 bits per heavy atom. The lowest BCUT2D eigenvalue weighted by Gasteiger charge is -2.17. The minimum absolute atomic E-state index is 0.0674. The molecule has 32 heavy (non-hydrogen) atoms. The van der Waals surface area contributed by atoms with Crippen LogP contribution >= 0.6 is 0 Å². The topological polar surface area (TPSA) is 79.0 Å². The first-order valence-electron chi connectivity index (χ1n) is 10.6. The first-order chi connectivity index (χ1) is 15.5. The number of methoxy groups -OCH3 is 1. The van der Waals surface area contributed by atoms with Gasteiger partial charge in [0.05, 0.1) is 35.3 Å². The van der Waals surface area contributed by atoms with Gasteiger partial charge in [0.15, 0.2) is 11.6 Å². The summed E-state index contributed by atoms with van der Waals surface area (Å²) in [7, 11) is 1.42. The number of carbonyl (C=O) groups excluding carboxylic acids is 1. The van der Waals surface area contributed by atoms with Crippen molar-refractivity contribution in [1.82, 2.24) is 15.3 Å². The van der Waals surface area contributed by atoms with Gasteiger partial charge in [-0.2, -0.15) is 0 Å². The highest BCUT2D eigenvalue weighted by atomic mass is 19.1. The van der Waals surface area contributed by atoms with Crippen molar-refractivity contribution in [2.75, 3.05) is 19.0 Å². The minimum Gasteiger partial charge on any atom is -0.492 e. The lowest BCUT2D eigenvalue weighted by molar-refractivity contribution is 0.0947. The Bertz CT molecular complexity index is 1280. The smallest absolute Gasteiger partial charge is 0.255 e. The van der Waals surface area contributed by atoms with Crippen molar-refractivity contribution in [3.63, 3.8) is 0 Å². The zero-order valence-corrected chi connectivity index (χ0v) is 17.9. The molecule has 2 aliphatic rings. The number of aromatic nitrogens is 2. The summed E-state index contributed by atoms with van der Waals surface area (Å²) in [5.74, 6) is 6.05. The van der Waals surface area contributed by atoms with Gasteiger partial charge in [0.2, 0.25) is 0 Å². The van der Waals surface area contributed by atoms with Gasteiger partial charge in [0.25, 0.3) is 5.91 Å². The average molecular weight is 430 g/mol. The van der Waals surface area contributed by atoms with Gasteiger partial charge < -0.3 is 20.4 Å². The lowest BCUT2D eigenvalue weighted by atomic mass is 10.0. The number of hydrogen-bond acceptors (Lipinski definition) is 4. The van der Waals surface area contributed by atoms with Crippen molar-refractivity contribution < 1.29 is 13.9 Å². The number of nitrogens with zero attached hydrogens (tertiary/aromatic N) is 1. The fourth-order valence-electron chi connectivity index (χ4n) is 3.90. The van der Waals surface area contributed by atoms with Crippen LogP contribution in [0.4, 0.5) is 15.8 Å². The van der Waals surface area contributed by atoms with Crippen LogP contribution < -0.4 is 15.4 Å². The number of halogens is 1. The molecule has 0 saturated heterocycles. The monoisotopic (exact) mass is 430 g/mol. The summed E-state index contributed by atoms with van der Waals surface area (Å²) in [4.78, 5) is 20.5. The number of hydrogen-bond donors (Lipinski definition) is 3. The van der Waals surface area contributed by atoms with E-state index in [0.717, 1.165) is 29.7 Å². The highest BCUT2D eigenvalue weighted by molar-refractivity contribution is 6.06. The first-order valence-corrected chi connectivity index (χ1v) is 10.6. The van der Waals surface area contributed by atoms with E-state index in [1.54, 1.807) is 24.5 Å². The standard InChI is InChI=1S/C25H23FN4O2/c1-25(10-11-25)9-6-15-14-27-12-7-16(15)21-22(20-18(29-21)8-13-28-24(20)31)30-19-5-3-4-17(26)23(19)32-2/h3-5,7,12,14,29-30H,8,10-11,13H2,1-2H3,(H,28,31). The molecule has 1 aliphatic heterocycles. The van der Waals surface area contributed by atoms with Crippen LogP contribution in [0.3, 0.4) is 0 Å². The second-order valence-corrected chi connectivity index (χ2v) is 8.41. The van der Waals surface area contributed by atoms with Crippen LogP contribution in [0.2, 0.25) is 0 Å². The molecule has 1 aromatic carbocycles. The van der Waals surface area contributed by atoms with E-state index in [0.29, 0.717) is 35.6 Å². The third kappa shape index (κ3) is 3.58. The van der Waals surface area contributed by atoms with E-state index in [1.165, 1.54) is 13.2 Å². The summed E-state index contributed by atoms with van der Waals surface area (Å²) in [5, 5.41) is 6.15. The molecule has 3 aromatic rings. The van der Waals surface area contributed by atoms with Crippen molar-refractivity contribution in [3.8, 4) is 28.8 Å². The molecule has 0 spiro atoms. The molecule has 6 nitrogen and oxygen atoms in total. The summed E-state index contributed by atoms with van der Waals surface area (Å²) in [6, 6.07) is 6.52. The SMILES string of the molecule is COc1c(F)cccc1Nc1c(-c2ccncc2C#CC2(C)CC2)[nH]c2c1C(=O)NCC2. The number of pyridine rings is 1. The molecule has 0 atom stereocenters. The molecule has 5 rings (SSSR count). The fraction of sp³-hybridized carbons (Fsp3) is 0.280. The van der Waals surface area contributed by atoms with E-state index in [4.69, 9.17) is 4.74 Å². The summed E-state index contributed by atoms with van der Waals surface area (Å²) in [6.07, 6.45) is 6.30. The van der Waals surface area contributed by atoms with E-state index in [1.807, 2.05) is 6.07 Å². The second-order valence-electron chi connectivity index (χ2n) is 8.41. The molecule has 3 heterocycles. The molecule has 3 N–H and O–H groups in total. The summed E-state index contributed by atoms with van der Waals surface area (Å²) >= 11 is 0. The number of benzene rings is 1. The van der Waals surface area contributed by atoms with Crippen molar-refractivity contribution >= 4 is 17.3 Å². The second kappa shape index (κ2) is 7.72. The number of nitrogens with one attached hydrogen (secondary N) is 3. The van der Waals surface area contributed by atoms with Gasteiger partial charge in [0, 0.05) is 42.0 Å². The first kappa shape index (κ1) is 20.1. The number of aromatic amines is 1. The number of H-pyrrole nitrogens is 1. The number of carbonyl (C=O) groups is 1. The van der Waals surface area contributed by atoms with Crippen molar-refractivity contribution in [1.29, 1.82) is 0 Å². The maximum absolute atomic E-state index is 14.3. The highest BCUT2D eigenvalue weighted by Crippen LogP contribution is 2.44. The van der Waals surface area contributed by atoms with Gasteiger partial charge in [-0.15, -0.1) is 0 Å². The van der Waals surface area contributed by atoms with Crippen molar-refractivity contribution in [3.05, 3.63) is 59.3 Å². The normalized spacial score (nSPS) is 15.8.